The number of halogens is 3. The van der Waals surface area contributed by atoms with Crippen LogP contribution >= 0.6 is 0 Å². The summed E-state index contributed by atoms with van der Waals surface area (Å²) in [6, 6.07) is 7.57. The van der Waals surface area contributed by atoms with Crippen LogP contribution in [0.4, 0.5) is 19.1 Å². The predicted molar refractivity (Wildman–Crippen MR) is 98.4 cm³/mol. The fourth-order valence-corrected chi connectivity index (χ4v) is 4.51. The third-order valence-corrected chi connectivity index (χ3v) is 6.55. The number of hydrogen-bond acceptors (Lipinski definition) is 5. The Morgan fingerprint density at radius 3 is 2.39 bits per heavy atom. The zero-order valence-electron chi connectivity index (χ0n) is 15.4. The zero-order chi connectivity index (χ0) is 20.4. The normalized spacial score (nSPS) is 16.8. The van der Waals surface area contributed by atoms with Crippen LogP contribution in [0, 0.1) is 0 Å². The largest absolute Gasteiger partial charge is 0.433 e. The number of anilines is 1. The molecule has 0 unspecified atom stereocenters. The number of benzene rings is 1. The van der Waals surface area contributed by atoms with E-state index in [1.165, 1.54) is 4.31 Å². The monoisotopic (exact) mass is 414 g/mol. The van der Waals surface area contributed by atoms with Gasteiger partial charge in [-0.3, -0.25) is 0 Å². The van der Waals surface area contributed by atoms with Gasteiger partial charge in [0.1, 0.15) is 5.69 Å². The summed E-state index contributed by atoms with van der Waals surface area (Å²) in [4.78, 5) is 9.33. The van der Waals surface area contributed by atoms with Crippen LogP contribution in [0.15, 0.2) is 41.4 Å². The molecular weight excluding hydrogens is 393 g/mol. The van der Waals surface area contributed by atoms with Gasteiger partial charge in [0.15, 0.2) is 0 Å². The zero-order valence-corrected chi connectivity index (χ0v) is 16.2. The third-order valence-electron chi connectivity index (χ3n) is 4.64. The van der Waals surface area contributed by atoms with Gasteiger partial charge in [-0.1, -0.05) is 19.1 Å². The molecule has 0 N–H and O–H groups in total. The van der Waals surface area contributed by atoms with E-state index in [4.69, 9.17) is 0 Å². The van der Waals surface area contributed by atoms with E-state index in [1.807, 2.05) is 6.92 Å². The Hall–Kier alpha value is -2.20. The number of aromatic nitrogens is 2. The van der Waals surface area contributed by atoms with Crippen molar-refractivity contribution >= 4 is 16.0 Å². The Morgan fingerprint density at radius 1 is 1.04 bits per heavy atom. The van der Waals surface area contributed by atoms with Crippen molar-refractivity contribution in [3.05, 3.63) is 47.8 Å². The maximum Gasteiger partial charge on any atom is 0.433 e. The standard InChI is InChI=1S/C18H21F3N4O2S/c1-2-14-4-6-15(7-5-14)28(26,27)25-11-3-10-24(12-13-25)17-22-9-8-16(23-17)18(19,20)21/h4-9H,2-3,10-13H2,1H3. The first-order valence-electron chi connectivity index (χ1n) is 8.96. The van der Waals surface area contributed by atoms with Crippen LogP contribution in [-0.2, 0) is 22.6 Å². The number of rotatable bonds is 4. The molecule has 6 nitrogen and oxygen atoms in total. The van der Waals surface area contributed by atoms with Gasteiger partial charge < -0.3 is 4.90 Å². The van der Waals surface area contributed by atoms with E-state index in [9.17, 15) is 21.6 Å². The lowest BCUT2D eigenvalue weighted by molar-refractivity contribution is -0.141. The van der Waals surface area contributed by atoms with Gasteiger partial charge in [0.25, 0.3) is 0 Å². The van der Waals surface area contributed by atoms with Gasteiger partial charge in [0.05, 0.1) is 4.90 Å². The summed E-state index contributed by atoms with van der Waals surface area (Å²) in [6.07, 6.45) is -2.20. The molecule has 1 aromatic heterocycles. The van der Waals surface area contributed by atoms with E-state index in [2.05, 4.69) is 9.97 Å². The van der Waals surface area contributed by atoms with Crippen LogP contribution in [0.2, 0.25) is 0 Å². The highest BCUT2D eigenvalue weighted by Gasteiger charge is 2.34. The summed E-state index contributed by atoms with van der Waals surface area (Å²) in [7, 11) is -3.66. The van der Waals surface area contributed by atoms with Gasteiger partial charge >= 0.3 is 6.18 Å². The molecule has 1 saturated heterocycles. The van der Waals surface area contributed by atoms with Crippen molar-refractivity contribution in [3.8, 4) is 0 Å². The lowest BCUT2D eigenvalue weighted by Gasteiger charge is -2.22. The highest BCUT2D eigenvalue weighted by molar-refractivity contribution is 7.89. The van der Waals surface area contributed by atoms with E-state index in [0.29, 0.717) is 13.0 Å². The molecule has 0 amide bonds. The molecule has 1 aliphatic rings. The lowest BCUT2D eigenvalue weighted by Crippen LogP contribution is -2.35. The van der Waals surface area contributed by atoms with Crippen LogP contribution in [0.5, 0.6) is 0 Å². The van der Waals surface area contributed by atoms with Gasteiger partial charge in [-0.2, -0.15) is 17.5 Å². The van der Waals surface area contributed by atoms with Gasteiger partial charge in [0, 0.05) is 32.4 Å². The predicted octanol–water partition coefficient (Wildman–Crippen LogP) is 2.96. The highest BCUT2D eigenvalue weighted by atomic mass is 32.2. The Kier molecular flexibility index (Phi) is 5.90. The van der Waals surface area contributed by atoms with Crippen LogP contribution in [0.3, 0.4) is 0 Å². The second kappa shape index (κ2) is 8.04. The van der Waals surface area contributed by atoms with E-state index >= 15 is 0 Å². The van der Waals surface area contributed by atoms with E-state index in [0.717, 1.165) is 24.2 Å². The fourth-order valence-electron chi connectivity index (χ4n) is 3.04. The fraction of sp³-hybridized carbons (Fsp3) is 0.444. The number of aryl methyl sites for hydroxylation is 1. The SMILES string of the molecule is CCc1ccc(S(=O)(=O)N2CCCN(c3nccc(C(F)(F)F)n3)CC2)cc1. The first kappa shape index (κ1) is 20.5. The summed E-state index contributed by atoms with van der Waals surface area (Å²) in [5.74, 6) is -0.0404. The molecule has 1 fully saturated rings. The molecule has 28 heavy (non-hydrogen) atoms. The second-order valence-electron chi connectivity index (χ2n) is 6.48. The number of alkyl halides is 3. The maximum atomic E-state index is 12.9. The maximum absolute atomic E-state index is 12.9. The second-order valence-corrected chi connectivity index (χ2v) is 8.42. The van der Waals surface area contributed by atoms with Crippen LogP contribution < -0.4 is 4.90 Å². The van der Waals surface area contributed by atoms with E-state index < -0.39 is 21.9 Å². The van der Waals surface area contributed by atoms with Crippen molar-refractivity contribution in [2.75, 3.05) is 31.1 Å². The summed E-state index contributed by atoms with van der Waals surface area (Å²) < 4.78 is 65.8. The molecule has 1 aromatic carbocycles. The van der Waals surface area contributed by atoms with Crippen LogP contribution in [0.25, 0.3) is 0 Å². The molecule has 0 bridgehead atoms. The van der Waals surface area contributed by atoms with Gasteiger partial charge in [-0.25, -0.2) is 18.4 Å². The topological polar surface area (TPSA) is 66.4 Å². The summed E-state index contributed by atoms with van der Waals surface area (Å²) in [5.41, 5.74) is 0.0323. The first-order valence-corrected chi connectivity index (χ1v) is 10.4. The highest BCUT2D eigenvalue weighted by Crippen LogP contribution is 2.28. The molecule has 10 heteroatoms. The van der Waals surface area contributed by atoms with E-state index in [1.54, 1.807) is 29.2 Å². The molecule has 0 aliphatic carbocycles. The van der Waals surface area contributed by atoms with Crippen LogP contribution in [0.1, 0.15) is 24.6 Å². The molecule has 2 heterocycles. The third kappa shape index (κ3) is 4.44. The Labute approximate surface area is 162 Å². The van der Waals surface area contributed by atoms with E-state index in [-0.39, 0.29) is 30.5 Å². The smallest absolute Gasteiger partial charge is 0.339 e. The number of nitrogens with zero attached hydrogens (tertiary/aromatic N) is 4. The average molecular weight is 414 g/mol. The Bertz CT molecular complexity index is 917. The van der Waals surface area contributed by atoms with Gasteiger partial charge in [-0.05, 0) is 36.6 Å². The molecule has 0 atom stereocenters. The van der Waals surface area contributed by atoms with Gasteiger partial charge in [-0.15, -0.1) is 0 Å². The molecule has 1 aliphatic heterocycles. The average Bonchev–Trinajstić information content (AvgIpc) is 2.94. The van der Waals surface area contributed by atoms with Crippen molar-refractivity contribution in [2.45, 2.75) is 30.8 Å². The molecule has 0 spiro atoms. The van der Waals surface area contributed by atoms with Crippen molar-refractivity contribution in [1.82, 2.24) is 14.3 Å². The minimum absolute atomic E-state index is 0.0404. The molecule has 0 radical (unpaired) electrons. The van der Waals surface area contributed by atoms with Gasteiger partial charge in [0.2, 0.25) is 16.0 Å². The first-order chi connectivity index (χ1) is 13.2. The molecule has 2 aromatic rings. The minimum atomic E-state index is -4.55. The molecule has 0 saturated carbocycles. The summed E-state index contributed by atoms with van der Waals surface area (Å²) >= 11 is 0. The number of hydrogen-bond donors (Lipinski definition) is 0. The van der Waals surface area contributed by atoms with Crippen LogP contribution in [-0.4, -0.2) is 48.9 Å². The molecule has 3 rings (SSSR count). The van der Waals surface area contributed by atoms with Crippen molar-refractivity contribution < 1.29 is 21.6 Å². The summed E-state index contributed by atoms with van der Waals surface area (Å²) in [6.45, 7) is 3.02. The Morgan fingerprint density at radius 2 is 1.75 bits per heavy atom. The minimum Gasteiger partial charge on any atom is -0.339 e. The van der Waals surface area contributed by atoms with Crippen molar-refractivity contribution in [2.24, 2.45) is 0 Å². The number of sulfonamides is 1. The molecular formula is C18H21F3N4O2S. The Balaban J connectivity index is 1.76. The van der Waals surface area contributed by atoms with Crippen molar-refractivity contribution in [3.63, 3.8) is 0 Å². The lowest BCUT2D eigenvalue weighted by atomic mass is 10.2. The molecule has 152 valence electrons. The quantitative estimate of drug-likeness (QED) is 0.770. The van der Waals surface area contributed by atoms with Crippen molar-refractivity contribution in [1.29, 1.82) is 0 Å². The summed E-state index contributed by atoms with van der Waals surface area (Å²) in [5, 5.41) is 0.